The second kappa shape index (κ2) is 7.59. The van der Waals surface area contributed by atoms with Crippen LogP contribution in [0.1, 0.15) is 10.4 Å². The van der Waals surface area contributed by atoms with E-state index in [0.717, 1.165) is 13.1 Å². The summed E-state index contributed by atoms with van der Waals surface area (Å²) in [7, 11) is -1.47. The number of hydrogen-bond acceptors (Lipinski definition) is 4. The minimum atomic E-state index is -3.45. The van der Waals surface area contributed by atoms with E-state index >= 15 is 0 Å². The third kappa shape index (κ3) is 3.98. The highest BCUT2D eigenvalue weighted by atomic mass is 35.5. The fourth-order valence-electron chi connectivity index (χ4n) is 3.11. The Hall–Kier alpha value is -1.19. The van der Waals surface area contributed by atoms with Crippen molar-refractivity contribution in [1.29, 1.82) is 0 Å². The lowest BCUT2D eigenvalue weighted by Gasteiger charge is -2.39. The molecule has 1 aromatic rings. The molecule has 0 radical (unpaired) electrons. The molecule has 3 rings (SSSR count). The van der Waals surface area contributed by atoms with Crippen molar-refractivity contribution in [3.05, 3.63) is 34.9 Å². The molecule has 0 bridgehead atoms. The number of rotatable bonds is 3. The van der Waals surface area contributed by atoms with Gasteiger partial charge in [-0.1, -0.05) is 23.7 Å². The van der Waals surface area contributed by atoms with Crippen molar-refractivity contribution in [1.82, 2.24) is 18.4 Å². The molecule has 2 saturated heterocycles. The van der Waals surface area contributed by atoms with Crippen LogP contribution in [-0.4, -0.2) is 92.1 Å². The van der Waals surface area contributed by atoms with Gasteiger partial charge in [-0.2, -0.15) is 17.0 Å². The number of piperazine rings is 2. The van der Waals surface area contributed by atoms with Gasteiger partial charge in [-0.15, -0.1) is 0 Å². The molecule has 7 nitrogen and oxygen atoms in total. The van der Waals surface area contributed by atoms with Gasteiger partial charge in [0.15, 0.2) is 0 Å². The van der Waals surface area contributed by atoms with Crippen LogP contribution in [0.5, 0.6) is 0 Å². The van der Waals surface area contributed by atoms with Gasteiger partial charge in [0.25, 0.3) is 16.1 Å². The van der Waals surface area contributed by atoms with Gasteiger partial charge in [0, 0.05) is 52.4 Å². The van der Waals surface area contributed by atoms with Crippen molar-refractivity contribution < 1.29 is 13.2 Å². The number of carbonyl (C=O) groups excluding carboxylic acids is 1. The third-order valence-corrected chi connectivity index (χ3v) is 7.11. The van der Waals surface area contributed by atoms with Gasteiger partial charge in [-0.25, -0.2) is 0 Å². The molecule has 2 heterocycles. The van der Waals surface area contributed by atoms with Crippen LogP contribution in [0.4, 0.5) is 0 Å². The molecule has 0 atom stereocenters. The molecule has 2 fully saturated rings. The summed E-state index contributed by atoms with van der Waals surface area (Å²) in [4.78, 5) is 16.4. The molecule has 0 N–H and O–H groups in total. The van der Waals surface area contributed by atoms with Gasteiger partial charge in [0.1, 0.15) is 0 Å². The standard InChI is InChI=1S/C16H23ClN4O3S/c1-18-6-10-20(11-7-18)25(23,24)21-12-8-19(9-13-21)16(22)14-4-2-3-5-15(14)17/h2-5H,6-13H2,1H3. The molecule has 2 aliphatic rings. The Kier molecular flexibility index (Phi) is 5.65. The number of amides is 1. The zero-order valence-electron chi connectivity index (χ0n) is 14.3. The predicted octanol–water partition coefficient (Wildman–Crippen LogP) is 0.590. The fraction of sp³-hybridized carbons (Fsp3) is 0.562. The highest BCUT2D eigenvalue weighted by molar-refractivity contribution is 7.86. The monoisotopic (exact) mass is 386 g/mol. The van der Waals surface area contributed by atoms with E-state index in [1.165, 1.54) is 4.31 Å². The first kappa shape index (κ1) is 18.6. The quantitative estimate of drug-likeness (QED) is 0.762. The van der Waals surface area contributed by atoms with Crippen molar-refractivity contribution in [3.8, 4) is 0 Å². The molecule has 9 heteroatoms. The molecule has 0 saturated carbocycles. The summed E-state index contributed by atoms with van der Waals surface area (Å²) in [6.45, 7) is 3.87. The number of halogens is 1. The molecule has 1 aromatic carbocycles. The highest BCUT2D eigenvalue weighted by Gasteiger charge is 2.34. The Bertz CT molecular complexity index is 727. The van der Waals surface area contributed by atoms with Crippen molar-refractivity contribution in [3.63, 3.8) is 0 Å². The first-order chi connectivity index (χ1) is 11.9. The number of nitrogens with zero attached hydrogens (tertiary/aromatic N) is 4. The number of likely N-dealkylation sites (N-methyl/N-ethyl adjacent to an activating group) is 1. The van der Waals surface area contributed by atoms with Gasteiger partial charge < -0.3 is 9.80 Å². The molecule has 2 aliphatic heterocycles. The van der Waals surface area contributed by atoms with Gasteiger partial charge >= 0.3 is 0 Å². The van der Waals surface area contributed by atoms with Crippen LogP contribution in [0.3, 0.4) is 0 Å². The topological polar surface area (TPSA) is 64.2 Å². The predicted molar refractivity (Wildman–Crippen MR) is 96.9 cm³/mol. The van der Waals surface area contributed by atoms with Crippen LogP contribution in [0.25, 0.3) is 0 Å². The summed E-state index contributed by atoms with van der Waals surface area (Å²) in [5.41, 5.74) is 0.458. The maximum atomic E-state index is 12.8. The second-order valence-corrected chi connectivity index (χ2v) is 8.72. The molecular formula is C16H23ClN4O3S. The molecule has 138 valence electrons. The zero-order chi connectivity index (χ0) is 18.0. The largest absolute Gasteiger partial charge is 0.336 e. The van der Waals surface area contributed by atoms with Crippen molar-refractivity contribution in [2.45, 2.75) is 0 Å². The Morgan fingerprint density at radius 2 is 1.44 bits per heavy atom. The van der Waals surface area contributed by atoms with E-state index in [1.54, 1.807) is 33.5 Å². The van der Waals surface area contributed by atoms with Gasteiger partial charge in [0.05, 0.1) is 10.6 Å². The normalized spacial score (nSPS) is 21.4. The van der Waals surface area contributed by atoms with E-state index in [9.17, 15) is 13.2 Å². The lowest BCUT2D eigenvalue weighted by molar-refractivity contribution is 0.0692. The number of carbonyl (C=O) groups is 1. The van der Waals surface area contributed by atoms with Gasteiger partial charge in [-0.3, -0.25) is 4.79 Å². The molecule has 0 unspecified atom stereocenters. The molecular weight excluding hydrogens is 364 g/mol. The Labute approximate surface area is 153 Å². The zero-order valence-corrected chi connectivity index (χ0v) is 15.8. The lowest BCUT2D eigenvalue weighted by atomic mass is 10.2. The summed E-state index contributed by atoms with van der Waals surface area (Å²) in [5, 5.41) is 0.417. The molecule has 1 amide bonds. The maximum Gasteiger partial charge on any atom is 0.282 e. The van der Waals surface area contributed by atoms with Crippen LogP contribution in [-0.2, 0) is 10.2 Å². The van der Waals surface area contributed by atoms with E-state index in [4.69, 9.17) is 11.6 Å². The second-order valence-electron chi connectivity index (χ2n) is 6.38. The van der Waals surface area contributed by atoms with Crippen molar-refractivity contribution in [2.75, 3.05) is 59.4 Å². The van der Waals surface area contributed by atoms with Gasteiger partial charge in [0.2, 0.25) is 0 Å². The van der Waals surface area contributed by atoms with E-state index in [1.807, 2.05) is 7.05 Å². The third-order valence-electron chi connectivity index (χ3n) is 4.74. The van der Waals surface area contributed by atoms with Crippen LogP contribution >= 0.6 is 11.6 Å². The number of benzene rings is 1. The minimum Gasteiger partial charge on any atom is -0.336 e. The molecule has 0 spiro atoms. The van der Waals surface area contributed by atoms with E-state index < -0.39 is 10.2 Å². The van der Waals surface area contributed by atoms with E-state index in [2.05, 4.69) is 4.90 Å². The summed E-state index contributed by atoms with van der Waals surface area (Å²) in [6, 6.07) is 6.92. The summed E-state index contributed by atoms with van der Waals surface area (Å²) in [6.07, 6.45) is 0. The fourth-order valence-corrected chi connectivity index (χ4v) is 4.90. The Morgan fingerprint density at radius 3 is 2.00 bits per heavy atom. The van der Waals surface area contributed by atoms with E-state index in [0.29, 0.717) is 49.9 Å². The Morgan fingerprint density at radius 1 is 0.920 bits per heavy atom. The SMILES string of the molecule is CN1CCN(S(=O)(=O)N2CCN(C(=O)c3ccccc3Cl)CC2)CC1. The minimum absolute atomic E-state index is 0.151. The smallest absolute Gasteiger partial charge is 0.282 e. The van der Waals surface area contributed by atoms with Crippen LogP contribution < -0.4 is 0 Å². The van der Waals surface area contributed by atoms with Crippen LogP contribution in [0.15, 0.2) is 24.3 Å². The summed E-state index contributed by atoms with van der Waals surface area (Å²) < 4.78 is 28.5. The van der Waals surface area contributed by atoms with Crippen LogP contribution in [0, 0.1) is 0 Å². The van der Waals surface area contributed by atoms with Crippen molar-refractivity contribution in [2.24, 2.45) is 0 Å². The molecule has 0 aromatic heterocycles. The summed E-state index contributed by atoms with van der Waals surface area (Å²) >= 11 is 6.09. The van der Waals surface area contributed by atoms with E-state index in [-0.39, 0.29) is 5.91 Å². The first-order valence-corrected chi connectivity index (χ1v) is 10.1. The average Bonchev–Trinajstić information content (AvgIpc) is 2.62. The number of hydrogen-bond donors (Lipinski definition) is 0. The summed E-state index contributed by atoms with van der Waals surface area (Å²) in [5.74, 6) is -0.151. The van der Waals surface area contributed by atoms with Crippen LogP contribution in [0.2, 0.25) is 5.02 Å². The van der Waals surface area contributed by atoms with Gasteiger partial charge in [-0.05, 0) is 19.2 Å². The molecule has 25 heavy (non-hydrogen) atoms. The highest BCUT2D eigenvalue weighted by Crippen LogP contribution is 2.19. The lowest BCUT2D eigenvalue weighted by Crippen LogP contribution is -2.57. The Balaban J connectivity index is 1.62. The maximum absolute atomic E-state index is 12.8. The molecule has 0 aliphatic carbocycles. The van der Waals surface area contributed by atoms with Crippen molar-refractivity contribution >= 4 is 27.7 Å². The first-order valence-electron chi connectivity index (χ1n) is 8.37. The average molecular weight is 387 g/mol.